The van der Waals surface area contributed by atoms with Gasteiger partial charge in [0.05, 0.1) is 12.0 Å². The zero-order chi connectivity index (χ0) is 15.0. The minimum atomic E-state index is -0.328. The number of benzene rings is 1. The number of aryl methyl sites for hydroxylation is 1. The first-order chi connectivity index (χ1) is 10.0. The lowest BCUT2D eigenvalue weighted by Gasteiger charge is -2.21. The lowest BCUT2D eigenvalue weighted by Crippen LogP contribution is -2.40. The summed E-state index contributed by atoms with van der Waals surface area (Å²) in [7, 11) is 0. The third-order valence-corrected chi connectivity index (χ3v) is 4.59. The van der Waals surface area contributed by atoms with Crippen LogP contribution in [0.25, 0.3) is 0 Å². The van der Waals surface area contributed by atoms with E-state index in [1.807, 2.05) is 18.2 Å². The van der Waals surface area contributed by atoms with Gasteiger partial charge in [-0.2, -0.15) is 0 Å². The maximum Gasteiger partial charge on any atom is 0.317 e. The van der Waals surface area contributed by atoms with E-state index in [0.717, 1.165) is 23.4 Å². The number of likely N-dealkylation sites (tertiary alicyclic amines) is 1. The average molecular weight is 308 g/mol. The standard InChI is InChI=1S/C15H18ClN3O2/c16-11-2-3-12-9(7-11)1-4-13(12)18-15(21)19-6-5-10(8-19)14(17)20/h2-3,7,10,13H,1,4-6,8H2,(H2,17,20)(H,18,21)/t10-,13+/m1/s1. The van der Waals surface area contributed by atoms with Crippen LogP contribution in [0.15, 0.2) is 18.2 Å². The van der Waals surface area contributed by atoms with E-state index in [1.165, 1.54) is 5.56 Å². The smallest absolute Gasteiger partial charge is 0.317 e. The number of hydrogen-bond acceptors (Lipinski definition) is 2. The predicted molar refractivity (Wildman–Crippen MR) is 79.9 cm³/mol. The van der Waals surface area contributed by atoms with Crippen molar-refractivity contribution in [2.45, 2.75) is 25.3 Å². The molecule has 0 spiro atoms. The van der Waals surface area contributed by atoms with E-state index < -0.39 is 0 Å². The molecule has 0 radical (unpaired) electrons. The molecule has 0 aromatic heterocycles. The van der Waals surface area contributed by atoms with Crippen LogP contribution in [0.3, 0.4) is 0 Å². The zero-order valence-corrected chi connectivity index (χ0v) is 12.4. The van der Waals surface area contributed by atoms with E-state index >= 15 is 0 Å². The first-order valence-electron chi connectivity index (χ1n) is 7.17. The second kappa shape index (κ2) is 5.56. The van der Waals surface area contributed by atoms with Gasteiger partial charge in [-0.15, -0.1) is 0 Å². The second-order valence-electron chi connectivity index (χ2n) is 5.72. The summed E-state index contributed by atoms with van der Waals surface area (Å²) in [6.07, 6.45) is 2.46. The highest BCUT2D eigenvalue weighted by molar-refractivity contribution is 6.30. The van der Waals surface area contributed by atoms with Gasteiger partial charge < -0.3 is 16.0 Å². The number of nitrogens with two attached hydrogens (primary N) is 1. The monoisotopic (exact) mass is 307 g/mol. The second-order valence-corrected chi connectivity index (χ2v) is 6.15. The van der Waals surface area contributed by atoms with E-state index in [4.69, 9.17) is 17.3 Å². The molecule has 112 valence electrons. The summed E-state index contributed by atoms with van der Waals surface area (Å²) in [5.74, 6) is -0.545. The number of primary amides is 1. The van der Waals surface area contributed by atoms with Crippen molar-refractivity contribution in [3.63, 3.8) is 0 Å². The van der Waals surface area contributed by atoms with E-state index in [1.54, 1.807) is 4.90 Å². The number of fused-ring (bicyclic) bond motifs is 1. The van der Waals surface area contributed by atoms with Gasteiger partial charge in [-0.3, -0.25) is 4.79 Å². The van der Waals surface area contributed by atoms with Gasteiger partial charge in [0, 0.05) is 18.1 Å². The number of amides is 3. The maximum atomic E-state index is 12.3. The number of carbonyl (C=O) groups is 2. The number of rotatable bonds is 2. The molecule has 1 fully saturated rings. The fourth-order valence-electron chi connectivity index (χ4n) is 3.15. The predicted octanol–water partition coefficient (Wildman–Crippen LogP) is 1.84. The van der Waals surface area contributed by atoms with Crippen LogP contribution < -0.4 is 11.1 Å². The largest absolute Gasteiger partial charge is 0.369 e. The first-order valence-corrected chi connectivity index (χ1v) is 7.55. The summed E-state index contributed by atoms with van der Waals surface area (Å²) in [4.78, 5) is 25.1. The van der Waals surface area contributed by atoms with Crippen molar-refractivity contribution < 1.29 is 9.59 Å². The molecule has 3 rings (SSSR count). The third kappa shape index (κ3) is 2.83. The molecule has 1 saturated heterocycles. The van der Waals surface area contributed by atoms with Gasteiger partial charge in [0.25, 0.3) is 0 Å². The highest BCUT2D eigenvalue weighted by Crippen LogP contribution is 2.33. The number of urea groups is 1. The molecule has 5 nitrogen and oxygen atoms in total. The van der Waals surface area contributed by atoms with Crippen molar-refractivity contribution >= 4 is 23.5 Å². The molecule has 1 heterocycles. The Morgan fingerprint density at radius 2 is 2.14 bits per heavy atom. The van der Waals surface area contributed by atoms with Crippen molar-refractivity contribution in [1.82, 2.24) is 10.2 Å². The van der Waals surface area contributed by atoms with E-state index in [9.17, 15) is 9.59 Å². The first kappa shape index (κ1) is 14.2. The van der Waals surface area contributed by atoms with Crippen LogP contribution in [0.2, 0.25) is 5.02 Å². The van der Waals surface area contributed by atoms with Crippen LogP contribution in [0.5, 0.6) is 0 Å². The van der Waals surface area contributed by atoms with Crippen LogP contribution in [0.4, 0.5) is 4.79 Å². The quantitative estimate of drug-likeness (QED) is 0.875. The molecular formula is C15H18ClN3O2. The van der Waals surface area contributed by atoms with Crippen molar-refractivity contribution in [2.24, 2.45) is 11.7 Å². The van der Waals surface area contributed by atoms with Gasteiger partial charge >= 0.3 is 6.03 Å². The molecule has 21 heavy (non-hydrogen) atoms. The summed E-state index contributed by atoms with van der Waals surface area (Å²) >= 11 is 5.99. The lowest BCUT2D eigenvalue weighted by atomic mass is 10.1. The number of nitrogens with zero attached hydrogens (tertiary/aromatic N) is 1. The highest BCUT2D eigenvalue weighted by atomic mass is 35.5. The van der Waals surface area contributed by atoms with E-state index in [2.05, 4.69) is 5.32 Å². The van der Waals surface area contributed by atoms with Gasteiger partial charge in [-0.25, -0.2) is 4.79 Å². The summed E-state index contributed by atoms with van der Waals surface area (Å²) < 4.78 is 0. The molecule has 1 aliphatic heterocycles. The van der Waals surface area contributed by atoms with Gasteiger partial charge in [0.2, 0.25) is 5.91 Å². The fraction of sp³-hybridized carbons (Fsp3) is 0.467. The van der Waals surface area contributed by atoms with Gasteiger partial charge in [0.1, 0.15) is 0 Å². The van der Waals surface area contributed by atoms with Crippen molar-refractivity contribution in [3.8, 4) is 0 Å². The van der Waals surface area contributed by atoms with Crippen molar-refractivity contribution in [2.75, 3.05) is 13.1 Å². The van der Waals surface area contributed by atoms with E-state index in [-0.39, 0.29) is 23.9 Å². The SMILES string of the molecule is NC(=O)[C@@H]1CCN(C(=O)N[C@H]2CCc3cc(Cl)ccc32)C1. The Morgan fingerprint density at radius 3 is 2.86 bits per heavy atom. The average Bonchev–Trinajstić information content (AvgIpc) is 3.06. The van der Waals surface area contributed by atoms with Gasteiger partial charge in [0.15, 0.2) is 0 Å². The van der Waals surface area contributed by atoms with Crippen molar-refractivity contribution in [1.29, 1.82) is 0 Å². The van der Waals surface area contributed by atoms with Gasteiger partial charge in [-0.05, 0) is 42.5 Å². The van der Waals surface area contributed by atoms with Crippen LogP contribution in [0.1, 0.15) is 30.0 Å². The molecule has 0 unspecified atom stereocenters. The highest BCUT2D eigenvalue weighted by Gasteiger charge is 2.32. The topological polar surface area (TPSA) is 75.4 Å². The third-order valence-electron chi connectivity index (χ3n) is 4.36. The Morgan fingerprint density at radius 1 is 1.33 bits per heavy atom. The normalized spacial score (nSPS) is 24.0. The molecular weight excluding hydrogens is 290 g/mol. The summed E-state index contributed by atoms with van der Waals surface area (Å²) in [6.45, 7) is 1.00. The molecule has 2 atom stereocenters. The summed E-state index contributed by atoms with van der Waals surface area (Å²) in [5.41, 5.74) is 7.63. The summed E-state index contributed by atoms with van der Waals surface area (Å²) in [6, 6.07) is 5.70. The molecule has 3 amide bonds. The summed E-state index contributed by atoms with van der Waals surface area (Å²) in [5, 5.41) is 3.77. The number of halogens is 1. The van der Waals surface area contributed by atoms with Crippen LogP contribution in [0, 0.1) is 5.92 Å². The Hall–Kier alpha value is -1.75. The Labute approximate surface area is 128 Å². The minimum Gasteiger partial charge on any atom is -0.369 e. The molecule has 1 aliphatic carbocycles. The number of carbonyl (C=O) groups excluding carboxylic acids is 2. The maximum absolute atomic E-state index is 12.3. The van der Waals surface area contributed by atoms with Crippen LogP contribution in [-0.2, 0) is 11.2 Å². The molecule has 1 aromatic rings. The molecule has 6 heteroatoms. The van der Waals surface area contributed by atoms with Gasteiger partial charge in [-0.1, -0.05) is 17.7 Å². The number of hydrogen-bond donors (Lipinski definition) is 2. The van der Waals surface area contributed by atoms with E-state index in [0.29, 0.717) is 19.5 Å². The zero-order valence-electron chi connectivity index (χ0n) is 11.6. The van der Waals surface area contributed by atoms with Crippen LogP contribution >= 0.6 is 11.6 Å². The number of nitrogens with one attached hydrogen (secondary N) is 1. The molecule has 3 N–H and O–H groups in total. The minimum absolute atomic E-state index is 0.0254. The Bertz CT molecular complexity index is 590. The fourth-order valence-corrected chi connectivity index (χ4v) is 3.35. The Kier molecular flexibility index (Phi) is 3.76. The molecule has 2 aliphatic rings. The molecule has 0 bridgehead atoms. The van der Waals surface area contributed by atoms with Crippen molar-refractivity contribution in [3.05, 3.63) is 34.3 Å². The molecule has 0 saturated carbocycles. The lowest BCUT2D eigenvalue weighted by molar-refractivity contribution is -0.121. The molecule has 1 aromatic carbocycles. The van der Waals surface area contributed by atoms with Crippen LogP contribution in [-0.4, -0.2) is 29.9 Å². The Balaban J connectivity index is 1.64.